The van der Waals surface area contributed by atoms with E-state index >= 15 is 0 Å². The SMILES string of the molecule is CN(C)Cc1csc(CN2CC[C@@H](Oc3ccc4cccnc4c3)[C@H](O)C2)c1. The van der Waals surface area contributed by atoms with Crippen molar-refractivity contribution in [3.05, 3.63) is 58.4 Å². The van der Waals surface area contributed by atoms with Crippen LogP contribution >= 0.6 is 11.3 Å². The van der Waals surface area contributed by atoms with Crippen LogP contribution in [0.4, 0.5) is 0 Å². The Labute approximate surface area is 170 Å². The molecule has 1 saturated heterocycles. The van der Waals surface area contributed by atoms with Gasteiger partial charge in [0.25, 0.3) is 0 Å². The molecule has 2 atom stereocenters. The van der Waals surface area contributed by atoms with Gasteiger partial charge >= 0.3 is 0 Å². The molecule has 0 amide bonds. The van der Waals surface area contributed by atoms with Gasteiger partial charge in [0.2, 0.25) is 0 Å². The lowest BCUT2D eigenvalue weighted by molar-refractivity contribution is -0.0272. The molecular formula is C22H27N3O2S. The van der Waals surface area contributed by atoms with Crippen molar-refractivity contribution in [2.75, 3.05) is 27.2 Å². The number of nitrogens with zero attached hydrogens (tertiary/aromatic N) is 3. The minimum absolute atomic E-state index is 0.176. The number of ether oxygens (including phenoxy) is 1. The standard InChI is InChI=1S/C22H27N3O2S/c1-24(2)12-16-10-19(28-15-16)13-25-9-7-22(21(26)14-25)27-18-6-5-17-4-3-8-23-20(17)11-18/h3-6,8,10-11,15,21-22,26H,7,9,12-14H2,1-2H3/t21-,22-/m1/s1. The zero-order valence-electron chi connectivity index (χ0n) is 16.4. The van der Waals surface area contributed by atoms with Crippen LogP contribution in [0.25, 0.3) is 10.9 Å². The highest BCUT2D eigenvalue weighted by Gasteiger charge is 2.29. The molecule has 28 heavy (non-hydrogen) atoms. The van der Waals surface area contributed by atoms with Gasteiger partial charge in [0, 0.05) is 48.7 Å². The van der Waals surface area contributed by atoms with Crippen LogP contribution in [0.5, 0.6) is 5.75 Å². The average Bonchev–Trinajstić information content (AvgIpc) is 3.10. The van der Waals surface area contributed by atoms with Gasteiger partial charge in [0.05, 0.1) is 5.52 Å². The molecule has 0 saturated carbocycles. The van der Waals surface area contributed by atoms with Crippen LogP contribution in [0.3, 0.4) is 0 Å². The third-order valence-electron chi connectivity index (χ3n) is 5.06. The molecule has 0 unspecified atom stereocenters. The van der Waals surface area contributed by atoms with Gasteiger partial charge in [-0.05, 0) is 55.7 Å². The summed E-state index contributed by atoms with van der Waals surface area (Å²) in [7, 11) is 4.17. The second-order valence-corrected chi connectivity index (χ2v) is 8.76. The second-order valence-electron chi connectivity index (χ2n) is 7.76. The Kier molecular flexibility index (Phi) is 5.92. The maximum absolute atomic E-state index is 10.6. The molecule has 0 radical (unpaired) electrons. The first-order chi connectivity index (χ1) is 13.6. The molecule has 0 aliphatic carbocycles. The number of aliphatic hydroxyl groups excluding tert-OH is 1. The molecule has 3 aromatic rings. The quantitative estimate of drug-likeness (QED) is 0.691. The summed E-state index contributed by atoms with van der Waals surface area (Å²) in [6.45, 7) is 3.42. The Morgan fingerprint density at radius 2 is 2.18 bits per heavy atom. The highest BCUT2D eigenvalue weighted by Crippen LogP contribution is 2.25. The van der Waals surface area contributed by atoms with Crippen molar-refractivity contribution in [3.63, 3.8) is 0 Å². The molecule has 1 aliphatic heterocycles. The van der Waals surface area contributed by atoms with Gasteiger partial charge in [-0.3, -0.25) is 9.88 Å². The van der Waals surface area contributed by atoms with E-state index < -0.39 is 6.10 Å². The van der Waals surface area contributed by atoms with Gasteiger partial charge in [-0.2, -0.15) is 0 Å². The molecule has 4 rings (SSSR count). The highest BCUT2D eigenvalue weighted by molar-refractivity contribution is 7.10. The number of aromatic nitrogens is 1. The smallest absolute Gasteiger partial charge is 0.127 e. The Morgan fingerprint density at radius 3 is 3.00 bits per heavy atom. The van der Waals surface area contributed by atoms with E-state index in [2.05, 4.69) is 40.3 Å². The Bertz CT molecular complexity index is 927. The Morgan fingerprint density at radius 1 is 1.29 bits per heavy atom. The van der Waals surface area contributed by atoms with Gasteiger partial charge in [0.15, 0.2) is 0 Å². The number of rotatable bonds is 6. The maximum Gasteiger partial charge on any atom is 0.127 e. The summed E-state index contributed by atoms with van der Waals surface area (Å²) < 4.78 is 6.10. The van der Waals surface area contributed by atoms with Crippen LogP contribution in [0.2, 0.25) is 0 Å². The molecule has 1 aliphatic rings. The summed E-state index contributed by atoms with van der Waals surface area (Å²) in [4.78, 5) is 10.2. The minimum atomic E-state index is -0.491. The van der Waals surface area contributed by atoms with E-state index in [-0.39, 0.29) is 6.10 Å². The fourth-order valence-corrected chi connectivity index (χ4v) is 4.65. The summed E-state index contributed by atoms with van der Waals surface area (Å²) in [5.41, 5.74) is 2.27. The van der Waals surface area contributed by atoms with E-state index in [0.717, 1.165) is 42.7 Å². The van der Waals surface area contributed by atoms with E-state index in [1.54, 1.807) is 17.5 Å². The number of hydrogen-bond donors (Lipinski definition) is 1. The lowest BCUT2D eigenvalue weighted by Gasteiger charge is -2.35. The summed E-state index contributed by atoms with van der Waals surface area (Å²) in [6, 6.07) is 12.2. The monoisotopic (exact) mass is 397 g/mol. The predicted octanol–water partition coefficient (Wildman–Crippen LogP) is 3.37. The molecule has 3 heterocycles. The van der Waals surface area contributed by atoms with Crippen molar-refractivity contribution in [1.29, 1.82) is 0 Å². The molecule has 5 nitrogen and oxygen atoms in total. The van der Waals surface area contributed by atoms with Crippen LogP contribution in [0.15, 0.2) is 48.0 Å². The molecule has 148 valence electrons. The first-order valence-corrected chi connectivity index (χ1v) is 10.6. The normalized spacial score (nSPS) is 20.7. The van der Waals surface area contributed by atoms with E-state index in [1.807, 2.05) is 30.3 Å². The molecule has 0 bridgehead atoms. The van der Waals surface area contributed by atoms with Crippen molar-refractivity contribution in [1.82, 2.24) is 14.8 Å². The first kappa shape index (κ1) is 19.3. The Balaban J connectivity index is 1.33. The number of aliphatic hydroxyl groups is 1. The predicted molar refractivity (Wildman–Crippen MR) is 114 cm³/mol. The van der Waals surface area contributed by atoms with Gasteiger partial charge < -0.3 is 14.7 Å². The van der Waals surface area contributed by atoms with Crippen LogP contribution in [-0.4, -0.2) is 59.3 Å². The molecule has 0 spiro atoms. The van der Waals surface area contributed by atoms with Gasteiger partial charge in [-0.1, -0.05) is 6.07 Å². The van der Waals surface area contributed by atoms with Gasteiger partial charge in [-0.15, -0.1) is 11.3 Å². The molecular weight excluding hydrogens is 370 g/mol. The third kappa shape index (κ3) is 4.70. The fourth-order valence-electron chi connectivity index (χ4n) is 3.73. The zero-order valence-corrected chi connectivity index (χ0v) is 17.2. The topological polar surface area (TPSA) is 48.8 Å². The van der Waals surface area contributed by atoms with Gasteiger partial charge in [0.1, 0.15) is 18.0 Å². The second kappa shape index (κ2) is 8.57. The third-order valence-corrected chi connectivity index (χ3v) is 6.03. The lowest BCUT2D eigenvalue weighted by Crippen LogP contribution is -2.48. The summed E-state index contributed by atoms with van der Waals surface area (Å²) in [6.07, 6.45) is 1.94. The van der Waals surface area contributed by atoms with Crippen LogP contribution in [0.1, 0.15) is 16.9 Å². The number of β-amino-alcohol motifs (C(OH)–C–C–N with tert-alkyl or cyclic N) is 1. The van der Waals surface area contributed by atoms with E-state index in [1.165, 1.54) is 10.4 Å². The van der Waals surface area contributed by atoms with E-state index in [0.29, 0.717) is 6.54 Å². The highest BCUT2D eigenvalue weighted by atomic mass is 32.1. The van der Waals surface area contributed by atoms with Crippen LogP contribution in [0, 0.1) is 0 Å². The number of pyridine rings is 1. The summed E-state index contributed by atoms with van der Waals surface area (Å²) in [5.74, 6) is 0.773. The number of thiophene rings is 1. The molecule has 1 N–H and O–H groups in total. The van der Waals surface area contributed by atoms with Crippen molar-refractivity contribution in [2.24, 2.45) is 0 Å². The largest absolute Gasteiger partial charge is 0.488 e. The molecule has 6 heteroatoms. The Hall–Kier alpha value is -1.99. The zero-order chi connectivity index (χ0) is 19.5. The molecule has 1 fully saturated rings. The van der Waals surface area contributed by atoms with Crippen molar-refractivity contribution in [2.45, 2.75) is 31.7 Å². The minimum Gasteiger partial charge on any atom is -0.488 e. The first-order valence-electron chi connectivity index (χ1n) is 9.70. The number of piperidine rings is 1. The fraction of sp³-hybridized carbons (Fsp3) is 0.409. The number of likely N-dealkylation sites (tertiary alicyclic amines) is 1. The van der Waals surface area contributed by atoms with Crippen molar-refractivity contribution < 1.29 is 9.84 Å². The molecule has 1 aromatic carbocycles. The van der Waals surface area contributed by atoms with Crippen LogP contribution in [-0.2, 0) is 13.1 Å². The van der Waals surface area contributed by atoms with Crippen molar-refractivity contribution in [3.8, 4) is 5.75 Å². The lowest BCUT2D eigenvalue weighted by atomic mass is 10.0. The average molecular weight is 398 g/mol. The molecule has 2 aromatic heterocycles. The van der Waals surface area contributed by atoms with E-state index in [9.17, 15) is 5.11 Å². The van der Waals surface area contributed by atoms with E-state index in [4.69, 9.17) is 4.74 Å². The number of fused-ring (bicyclic) bond motifs is 1. The summed E-state index contributed by atoms with van der Waals surface area (Å²) >= 11 is 1.80. The number of hydrogen-bond acceptors (Lipinski definition) is 6. The van der Waals surface area contributed by atoms with Gasteiger partial charge in [-0.25, -0.2) is 0 Å². The maximum atomic E-state index is 10.6. The van der Waals surface area contributed by atoms with Crippen LogP contribution < -0.4 is 4.74 Å². The van der Waals surface area contributed by atoms with Crippen molar-refractivity contribution >= 4 is 22.2 Å². The number of benzene rings is 1. The summed E-state index contributed by atoms with van der Waals surface area (Å²) in [5, 5.41) is 14.0.